The molecule has 0 spiro atoms. The highest BCUT2D eigenvalue weighted by molar-refractivity contribution is 5.13. The van der Waals surface area contributed by atoms with E-state index in [0.717, 1.165) is 24.5 Å². The van der Waals surface area contributed by atoms with Crippen LogP contribution in [0, 0.1) is 0 Å². The molecule has 1 unspecified atom stereocenters. The SMILES string of the molecule is CCCNC(c1cnccn1)c1ncccn1. The maximum absolute atomic E-state index is 4.30. The largest absolute Gasteiger partial charge is 0.302 e. The van der Waals surface area contributed by atoms with Crippen LogP contribution in [-0.2, 0) is 0 Å². The summed E-state index contributed by atoms with van der Waals surface area (Å²) in [6, 6.07) is 1.71. The van der Waals surface area contributed by atoms with Crippen molar-refractivity contribution in [2.24, 2.45) is 0 Å². The molecule has 0 saturated heterocycles. The minimum absolute atomic E-state index is 0.0927. The molecule has 5 nitrogen and oxygen atoms in total. The molecular weight excluding hydrogens is 214 g/mol. The highest BCUT2D eigenvalue weighted by Crippen LogP contribution is 2.14. The van der Waals surface area contributed by atoms with E-state index in [-0.39, 0.29) is 6.04 Å². The second kappa shape index (κ2) is 6.00. The summed E-state index contributed by atoms with van der Waals surface area (Å²) in [5, 5.41) is 3.37. The summed E-state index contributed by atoms with van der Waals surface area (Å²) in [7, 11) is 0. The van der Waals surface area contributed by atoms with Gasteiger partial charge in [-0.15, -0.1) is 0 Å². The average Bonchev–Trinajstić information content (AvgIpc) is 2.42. The Labute approximate surface area is 100 Å². The summed E-state index contributed by atoms with van der Waals surface area (Å²) in [6.45, 7) is 3.01. The Hall–Kier alpha value is -1.88. The first-order chi connectivity index (χ1) is 8.42. The lowest BCUT2D eigenvalue weighted by Crippen LogP contribution is -2.25. The van der Waals surface area contributed by atoms with Gasteiger partial charge in [-0.1, -0.05) is 6.92 Å². The Morgan fingerprint density at radius 1 is 1.12 bits per heavy atom. The molecule has 0 radical (unpaired) electrons. The van der Waals surface area contributed by atoms with Gasteiger partial charge in [-0.25, -0.2) is 9.97 Å². The minimum Gasteiger partial charge on any atom is -0.302 e. The van der Waals surface area contributed by atoms with Crippen molar-refractivity contribution in [3.8, 4) is 0 Å². The van der Waals surface area contributed by atoms with Crippen LogP contribution in [0.3, 0.4) is 0 Å². The van der Waals surface area contributed by atoms with Crippen molar-refractivity contribution in [3.63, 3.8) is 0 Å². The standard InChI is InChI=1S/C12H15N5/c1-2-4-15-11(10-9-13-7-8-14-10)12-16-5-3-6-17-12/h3,5-9,11,15H,2,4H2,1H3. The third kappa shape index (κ3) is 3.04. The summed E-state index contributed by atoms with van der Waals surface area (Å²) in [5.41, 5.74) is 0.840. The van der Waals surface area contributed by atoms with E-state index in [0.29, 0.717) is 0 Å². The number of hydrogen-bond donors (Lipinski definition) is 1. The first-order valence-electron chi connectivity index (χ1n) is 5.68. The van der Waals surface area contributed by atoms with Gasteiger partial charge in [0.2, 0.25) is 0 Å². The molecule has 2 aromatic heterocycles. The van der Waals surface area contributed by atoms with E-state index in [9.17, 15) is 0 Å². The lowest BCUT2D eigenvalue weighted by molar-refractivity contribution is 0.558. The minimum atomic E-state index is -0.0927. The zero-order valence-electron chi connectivity index (χ0n) is 9.74. The van der Waals surface area contributed by atoms with Crippen molar-refractivity contribution in [1.82, 2.24) is 25.3 Å². The highest BCUT2D eigenvalue weighted by Gasteiger charge is 2.16. The fraction of sp³-hybridized carbons (Fsp3) is 0.333. The third-order valence-corrected chi connectivity index (χ3v) is 2.32. The van der Waals surface area contributed by atoms with Crippen LogP contribution in [0.5, 0.6) is 0 Å². The Morgan fingerprint density at radius 3 is 2.59 bits per heavy atom. The van der Waals surface area contributed by atoms with Gasteiger partial charge in [0, 0.05) is 24.8 Å². The van der Waals surface area contributed by atoms with E-state index in [2.05, 4.69) is 32.2 Å². The summed E-state index contributed by atoms with van der Waals surface area (Å²) in [4.78, 5) is 16.9. The molecule has 1 atom stereocenters. The lowest BCUT2D eigenvalue weighted by atomic mass is 10.2. The molecule has 1 N–H and O–H groups in total. The second-order valence-corrected chi connectivity index (χ2v) is 3.62. The molecule has 2 aromatic rings. The Kier molecular flexibility index (Phi) is 4.10. The fourth-order valence-electron chi connectivity index (χ4n) is 1.54. The van der Waals surface area contributed by atoms with Gasteiger partial charge in [-0.05, 0) is 19.0 Å². The number of aromatic nitrogens is 4. The molecule has 5 heteroatoms. The summed E-state index contributed by atoms with van der Waals surface area (Å²) in [6.07, 6.45) is 9.59. The molecule has 0 aliphatic carbocycles. The maximum Gasteiger partial charge on any atom is 0.151 e. The van der Waals surface area contributed by atoms with Gasteiger partial charge in [0.15, 0.2) is 5.82 Å². The molecule has 2 heterocycles. The molecule has 88 valence electrons. The molecule has 2 rings (SSSR count). The maximum atomic E-state index is 4.30. The van der Waals surface area contributed by atoms with E-state index >= 15 is 0 Å². The molecule has 0 bridgehead atoms. The van der Waals surface area contributed by atoms with Crippen molar-refractivity contribution in [1.29, 1.82) is 0 Å². The quantitative estimate of drug-likeness (QED) is 0.838. The monoisotopic (exact) mass is 229 g/mol. The van der Waals surface area contributed by atoms with E-state index in [1.165, 1.54) is 0 Å². The fourth-order valence-corrected chi connectivity index (χ4v) is 1.54. The van der Waals surface area contributed by atoms with Crippen LogP contribution in [0.25, 0.3) is 0 Å². The highest BCUT2D eigenvalue weighted by atomic mass is 15.0. The van der Waals surface area contributed by atoms with E-state index in [1.807, 2.05) is 0 Å². The zero-order valence-corrected chi connectivity index (χ0v) is 9.74. The van der Waals surface area contributed by atoms with Gasteiger partial charge in [-0.3, -0.25) is 9.97 Å². The van der Waals surface area contributed by atoms with E-state index in [4.69, 9.17) is 0 Å². The Balaban J connectivity index is 2.26. The topological polar surface area (TPSA) is 63.6 Å². The van der Waals surface area contributed by atoms with Crippen LogP contribution in [0.4, 0.5) is 0 Å². The van der Waals surface area contributed by atoms with Gasteiger partial charge in [-0.2, -0.15) is 0 Å². The lowest BCUT2D eigenvalue weighted by Gasteiger charge is -2.15. The van der Waals surface area contributed by atoms with Crippen LogP contribution in [0.1, 0.15) is 30.9 Å². The first kappa shape index (κ1) is 11.6. The van der Waals surface area contributed by atoms with Crippen molar-refractivity contribution >= 4 is 0 Å². The molecule has 0 fully saturated rings. The predicted molar refractivity (Wildman–Crippen MR) is 64.2 cm³/mol. The van der Waals surface area contributed by atoms with Crippen molar-refractivity contribution in [2.45, 2.75) is 19.4 Å². The summed E-state index contributed by atoms with van der Waals surface area (Å²) in [5.74, 6) is 0.724. The molecule has 0 amide bonds. The van der Waals surface area contributed by atoms with Gasteiger partial charge in [0.05, 0.1) is 11.9 Å². The third-order valence-electron chi connectivity index (χ3n) is 2.32. The van der Waals surface area contributed by atoms with Gasteiger partial charge in [0.1, 0.15) is 6.04 Å². The first-order valence-corrected chi connectivity index (χ1v) is 5.68. The van der Waals surface area contributed by atoms with Gasteiger partial charge >= 0.3 is 0 Å². The van der Waals surface area contributed by atoms with Gasteiger partial charge < -0.3 is 5.32 Å². The summed E-state index contributed by atoms with van der Waals surface area (Å²) < 4.78 is 0. The Bertz CT molecular complexity index is 392. The van der Waals surface area contributed by atoms with Gasteiger partial charge in [0.25, 0.3) is 0 Å². The Morgan fingerprint density at radius 2 is 1.94 bits per heavy atom. The molecular formula is C12H15N5. The molecule has 0 aromatic carbocycles. The van der Waals surface area contributed by atoms with E-state index < -0.39 is 0 Å². The zero-order chi connectivity index (χ0) is 11.9. The molecule has 0 aliphatic heterocycles. The normalized spacial score (nSPS) is 12.3. The average molecular weight is 229 g/mol. The van der Waals surface area contributed by atoms with Crippen molar-refractivity contribution in [3.05, 3.63) is 48.6 Å². The van der Waals surface area contributed by atoms with Crippen molar-refractivity contribution < 1.29 is 0 Å². The van der Waals surface area contributed by atoms with Crippen LogP contribution < -0.4 is 5.32 Å². The number of hydrogen-bond acceptors (Lipinski definition) is 5. The number of nitrogens with zero attached hydrogens (tertiary/aromatic N) is 4. The van der Waals surface area contributed by atoms with Crippen molar-refractivity contribution in [2.75, 3.05) is 6.54 Å². The predicted octanol–water partition coefficient (Wildman–Crippen LogP) is 1.36. The van der Waals surface area contributed by atoms with Crippen LogP contribution in [0.15, 0.2) is 37.1 Å². The summed E-state index contributed by atoms with van der Waals surface area (Å²) >= 11 is 0. The van der Waals surface area contributed by atoms with Crippen LogP contribution >= 0.6 is 0 Å². The van der Waals surface area contributed by atoms with E-state index in [1.54, 1.807) is 37.1 Å². The van der Waals surface area contributed by atoms with Crippen LogP contribution in [0.2, 0.25) is 0 Å². The number of rotatable bonds is 5. The molecule has 0 aliphatic rings. The van der Waals surface area contributed by atoms with Crippen LogP contribution in [-0.4, -0.2) is 26.5 Å². The second-order valence-electron chi connectivity index (χ2n) is 3.62. The number of nitrogens with one attached hydrogen (secondary N) is 1. The molecule has 17 heavy (non-hydrogen) atoms. The molecule has 0 saturated carbocycles. The smallest absolute Gasteiger partial charge is 0.151 e.